The van der Waals surface area contributed by atoms with E-state index in [1.54, 1.807) is 0 Å². The lowest BCUT2D eigenvalue weighted by Gasteiger charge is -2.20. The van der Waals surface area contributed by atoms with Crippen LogP contribution in [0.4, 0.5) is 0 Å². The third-order valence-electron chi connectivity index (χ3n) is 9.79. The van der Waals surface area contributed by atoms with Crippen molar-refractivity contribution in [2.75, 3.05) is 26.4 Å². The van der Waals surface area contributed by atoms with Gasteiger partial charge in [-0.25, -0.2) is 4.57 Å². The first kappa shape index (κ1) is 52.7. The van der Waals surface area contributed by atoms with Crippen LogP contribution >= 0.6 is 7.82 Å². The summed E-state index contributed by atoms with van der Waals surface area (Å²) < 4.78 is 33.3. The molecule has 3 atom stereocenters. The highest BCUT2D eigenvalue weighted by Gasteiger charge is 2.27. The van der Waals surface area contributed by atoms with Gasteiger partial charge in [0.05, 0.1) is 19.8 Å². The Morgan fingerprint density at radius 2 is 0.963 bits per heavy atom. The molecule has 0 amide bonds. The van der Waals surface area contributed by atoms with Crippen LogP contribution < -0.4 is 5.73 Å². The molecule has 0 aromatic heterocycles. The molecule has 0 aromatic rings. The van der Waals surface area contributed by atoms with Gasteiger partial charge in [0, 0.05) is 13.0 Å². The Kier molecular flexibility index (Phi) is 39.0. The number of allylic oxidation sites excluding steroid dienone is 2. The fourth-order valence-electron chi connectivity index (χ4n) is 6.31. The van der Waals surface area contributed by atoms with E-state index in [4.69, 9.17) is 29.4 Å². The zero-order valence-electron chi connectivity index (χ0n) is 34.8. The maximum Gasteiger partial charge on any atom is 0.472 e. The van der Waals surface area contributed by atoms with Crippen molar-refractivity contribution in [1.29, 1.82) is 0 Å². The maximum absolute atomic E-state index is 12.6. The van der Waals surface area contributed by atoms with Gasteiger partial charge in [-0.2, -0.15) is 0 Å². The minimum absolute atomic E-state index is 0.0216. The lowest BCUT2D eigenvalue weighted by molar-refractivity contribution is -0.154. The van der Waals surface area contributed by atoms with Crippen molar-refractivity contribution >= 4 is 19.8 Å². The normalized spacial score (nSPS) is 14.0. The third kappa shape index (κ3) is 39.0. The quantitative estimate of drug-likeness (QED) is 0.0235. The summed E-state index contributed by atoms with van der Waals surface area (Å²) in [6.07, 6.45) is 41.2. The minimum atomic E-state index is -4.61. The highest BCUT2D eigenvalue weighted by molar-refractivity contribution is 7.47. The summed E-state index contributed by atoms with van der Waals surface area (Å²) in [5, 5.41) is 8.89. The Balaban J connectivity index is 4.14. The molecule has 0 radical (unpaired) electrons. The summed E-state index contributed by atoms with van der Waals surface area (Å²) in [6.45, 7) is 3.90. The van der Waals surface area contributed by atoms with Gasteiger partial charge in [0.1, 0.15) is 12.1 Å². The number of carbonyl (C=O) groups excluding carboxylic acids is 1. The first-order valence-electron chi connectivity index (χ1n) is 22.2. The fourth-order valence-corrected chi connectivity index (χ4v) is 7.08. The summed E-state index contributed by atoms with van der Waals surface area (Å²) >= 11 is 0. The van der Waals surface area contributed by atoms with E-state index >= 15 is 0 Å². The van der Waals surface area contributed by atoms with Crippen LogP contribution in [-0.2, 0) is 32.7 Å². The Bertz CT molecular complexity index is 919. The lowest BCUT2D eigenvalue weighted by Crippen LogP contribution is -2.34. The van der Waals surface area contributed by atoms with Crippen LogP contribution in [0.2, 0.25) is 0 Å². The highest BCUT2D eigenvalue weighted by Crippen LogP contribution is 2.43. The molecule has 0 rings (SSSR count). The molecule has 0 heterocycles. The molecule has 320 valence electrons. The first-order chi connectivity index (χ1) is 26.2. The molecule has 0 fully saturated rings. The minimum Gasteiger partial charge on any atom is -0.480 e. The van der Waals surface area contributed by atoms with Gasteiger partial charge in [-0.3, -0.25) is 18.6 Å². The SMILES string of the molecule is CCCCCCCC/C=C\CCCCCCCCCCCCOCC(COP(=O)(O)OCC(N)C(=O)O)OC(=O)CCCCCCCCCCCCCC. The van der Waals surface area contributed by atoms with E-state index < -0.39 is 45.1 Å². The second kappa shape index (κ2) is 39.9. The number of phosphoric ester groups is 1. The number of carbonyl (C=O) groups is 2. The van der Waals surface area contributed by atoms with E-state index in [1.807, 2.05) is 0 Å². The maximum atomic E-state index is 12.6. The van der Waals surface area contributed by atoms with E-state index in [1.165, 1.54) is 154 Å². The molecule has 0 bridgehead atoms. The summed E-state index contributed by atoms with van der Waals surface area (Å²) in [5.74, 6) is -1.77. The van der Waals surface area contributed by atoms with E-state index in [0.29, 0.717) is 6.61 Å². The molecule has 0 spiro atoms. The van der Waals surface area contributed by atoms with Gasteiger partial charge >= 0.3 is 19.8 Å². The van der Waals surface area contributed by atoms with Crippen LogP contribution in [0, 0.1) is 0 Å². The van der Waals surface area contributed by atoms with E-state index in [9.17, 15) is 19.0 Å². The van der Waals surface area contributed by atoms with Gasteiger partial charge < -0.3 is 25.2 Å². The molecule has 54 heavy (non-hydrogen) atoms. The predicted octanol–water partition coefficient (Wildman–Crippen LogP) is 12.1. The third-order valence-corrected chi connectivity index (χ3v) is 10.7. The number of phosphoric acid groups is 1. The van der Waals surface area contributed by atoms with Gasteiger partial charge in [0.25, 0.3) is 0 Å². The number of unbranched alkanes of at least 4 members (excludes halogenated alkanes) is 27. The van der Waals surface area contributed by atoms with E-state index in [0.717, 1.165) is 38.5 Å². The van der Waals surface area contributed by atoms with Gasteiger partial charge in [0.2, 0.25) is 0 Å². The number of carboxylic acid groups (broad SMARTS) is 1. The van der Waals surface area contributed by atoms with Crippen LogP contribution in [0.1, 0.15) is 213 Å². The van der Waals surface area contributed by atoms with Crippen LogP contribution in [0.25, 0.3) is 0 Å². The number of carboxylic acids is 1. The number of nitrogens with two attached hydrogens (primary N) is 1. The van der Waals surface area contributed by atoms with Crippen molar-refractivity contribution < 1.29 is 42.7 Å². The highest BCUT2D eigenvalue weighted by atomic mass is 31.2. The smallest absolute Gasteiger partial charge is 0.472 e. The molecular weight excluding hydrogens is 705 g/mol. The Morgan fingerprint density at radius 3 is 1.41 bits per heavy atom. The fraction of sp³-hybridized carbons (Fsp3) is 0.907. The van der Waals surface area contributed by atoms with Crippen molar-refractivity contribution in [3.63, 3.8) is 0 Å². The summed E-state index contributed by atoms with van der Waals surface area (Å²) in [6, 6.07) is -1.47. The van der Waals surface area contributed by atoms with Crippen molar-refractivity contribution in [2.24, 2.45) is 5.73 Å². The average molecular weight is 790 g/mol. The number of rotatable bonds is 43. The Morgan fingerprint density at radius 1 is 0.574 bits per heavy atom. The Labute approximate surface area is 331 Å². The van der Waals surface area contributed by atoms with E-state index in [-0.39, 0.29) is 13.0 Å². The van der Waals surface area contributed by atoms with Crippen molar-refractivity contribution in [1.82, 2.24) is 0 Å². The second-order valence-electron chi connectivity index (χ2n) is 15.2. The lowest BCUT2D eigenvalue weighted by atomic mass is 10.0. The van der Waals surface area contributed by atoms with Crippen LogP contribution in [0.5, 0.6) is 0 Å². The molecule has 4 N–H and O–H groups in total. The number of ether oxygens (including phenoxy) is 2. The summed E-state index contributed by atoms with van der Waals surface area (Å²) in [7, 11) is -4.61. The van der Waals surface area contributed by atoms with Gasteiger partial charge in [0.15, 0.2) is 0 Å². The molecule has 0 saturated carbocycles. The number of aliphatic carboxylic acids is 1. The van der Waals surface area contributed by atoms with Crippen LogP contribution in [0.15, 0.2) is 12.2 Å². The molecule has 3 unspecified atom stereocenters. The summed E-state index contributed by atoms with van der Waals surface area (Å²) in [5.41, 5.74) is 5.35. The molecule has 0 saturated heterocycles. The predicted molar refractivity (Wildman–Crippen MR) is 222 cm³/mol. The standard InChI is InChI=1S/C43H84NO9P/c1-3-5-7-9-11-13-15-17-18-19-20-21-22-23-24-26-28-30-32-34-36-50-37-40(38-51-54(48,49)52-39-41(44)43(46)47)53-42(45)35-33-31-29-27-25-16-14-12-10-8-6-4-2/h17-18,40-41H,3-16,19-39,44H2,1-2H3,(H,46,47)(H,48,49)/b18-17-. The summed E-state index contributed by atoms with van der Waals surface area (Å²) in [4.78, 5) is 33.5. The largest absolute Gasteiger partial charge is 0.480 e. The van der Waals surface area contributed by atoms with Gasteiger partial charge in [-0.05, 0) is 38.5 Å². The zero-order valence-corrected chi connectivity index (χ0v) is 35.7. The zero-order chi connectivity index (χ0) is 39.8. The molecule has 0 aliphatic carbocycles. The van der Waals surface area contributed by atoms with Gasteiger partial charge in [-0.1, -0.05) is 180 Å². The first-order valence-corrected chi connectivity index (χ1v) is 23.7. The molecule has 0 aliphatic heterocycles. The number of esters is 1. The molecule has 0 aliphatic rings. The van der Waals surface area contributed by atoms with Crippen molar-refractivity contribution in [3.05, 3.63) is 12.2 Å². The number of hydrogen-bond donors (Lipinski definition) is 3. The molecule has 0 aromatic carbocycles. The topological polar surface area (TPSA) is 155 Å². The average Bonchev–Trinajstić information content (AvgIpc) is 3.15. The van der Waals surface area contributed by atoms with Crippen LogP contribution in [0.3, 0.4) is 0 Å². The second-order valence-corrected chi connectivity index (χ2v) is 16.6. The van der Waals surface area contributed by atoms with Crippen molar-refractivity contribution in [2.45, 2.75) is 225 Å². The van der Waals surface area contributed by atoms with Crippen LogP contribution in [-0.4, -0.2) is 60.5 Å². The monoisotopic (exact) mass is 790 g/mol. The van der Waals surface area contributed by atoms with E-state index in [2.05, 4.69) is 26.0 Å². The van der Waals surface area contributed by atoms with Gasteiger partial charge in [-0.15, -0.1) is 0 Å². The van der Waals surface area contributed by atoms with Crippen molar-refractivity contribution in [3.8, 4) is 0 Å². The molecule has 10 nitrogen and oxygen atoms in total. The molecule has 11 heteroatoms. The number of hydrogen-bond acceptors (Lipinski definition) is 8. The Hall–Kier alpha value is -1.29. The molecular formula is C43H84NO9P.